The van der Waals surface area contributed by atoms with Gasteiger partial charge in [0, 0.05) is 25.7 Å². The Balaban J connectivity index is 2.26. The van der Waals surface area contributed by atoms with Crippen molar-refractivity contribution in [1.82, 2.24) is 4.90 Å². The molecule has 1 atom stereocenters. The number of benzene rings is 1. The average Bonchev–Trinajstić information content (AvgIpc) is 2.52. The van der Waals surface area contributed by atoms with Crippen LogP contribution in [0.5, 0.6) is 0 Å². The number of amides is 1. The lowest BCUT2D eigenvalue weighted by Crippen LogP contribution is -2.56. The van der Waals surface area contributed by atoms with Gasteiger partial charge in [0.15, 0.2) is 0 Å². The fourth-order valence-electron chi connectivity index (χ4n) is 2.90. The number of nitro benzene ring substituents is 1. The fraction of sp³-hybridized carbons (Fsp3) is 0.529. The van der Waals surface area contributed by atoms with Crippen molar-refractivity contribution in [2.75, 3.05) is 24.5 Å². The summed E-state index contributed by atoms with van der Waals surface area (Å²) in [4.78, 5) is 37.5. The number of hydrogen-bond donors (Lipinski definition) is 1. The molecule has 1 aliphatic heterocycles. The monoisotopic (exact) mass is 365 g/mol. The van der Waals surface area contributed by atoms with Crippen molar-refractivity contribution >= 4 is 23.4 Å². The molecule has 9 heteroatoms. The minimum Gasteiger partial charge on any atom is -0.481 e. The first-order chi connectivity index (χ1) is 12.1. The molecule has 0 saturated carbocycles. The smallest absolute Gasteiger partial charge is 0.410 e. The topological polar surface area (TPSA) is 113 Å². The van der Waals surface area contributed by atoms with Gasteiger partial charge in [-0.25, -0.2) is 4.79 Å². The van der Waals surface area contributed by atoms with Crippen molar-refractivity contribution in [1.29, 1.82) is 0 Å². The van der Waals surface area contributed by atoms with Gasteiger partial charge in [0.25, 0.3) is 5.69 Å². The first-order valence-electron chi connectivity index (χ1n) is 8.28. The van der Waals surface area contributed by atoms with E-state index in [-0.39, 0.29) is 31.7 Å². The molecule has 1 heterocycles. The number of nitrogens with zero attached hydrogens (tertiary/aromatic N) is 3. The van der Waals surface area contributed by atoms with Crippen molar-refractivity contribution < 1.29 is 24.4 Å². The molecule has 142 valence electrons. The van der Waals surface area contributed by atoms with Crippen molar-refractivity contribution in [2.24, 2.45) is 0 Å². The largest absolute Gasteiger partial charge is 0.481 e. The first kappa shape index (κ1) is 19.5. The molecule has 9 nitrogen and oxygen atoms in total. The van der Waals surface area contributed by atoms with Gasteiger partial charge < -0.3 is 19.6 Å². The van der Waals surface area contributed by atoms with E-state index in [1.54, 1.807) is 43.9 Å². The molecule has 1 aromatic rings. The SMILES string of the molecule is CC(C)(C)OC(=O)N1CCN(c2ccccc2[N+](=O)[O-])C(CC(=O)O)C1. The Morgan fingerprint density at radius 2 is 1.96 bits per heavy atom. The molecule has 1 fully saturated rings. The molecular formula is C17H23N3O6. The number of carboxylic acids is 1. The van der Waals surface area contributed by atoms with Crippen LogP contribution in [0.15, 0.2) is 24.3 Å². The van der Waals surface area contributed by atoms with Gasteiger partial charge in [-0.2, -0.15) is 0 Å². The lowest BCUT2D eigenvalue weighted by Gasteiger charge is -2.42. The highest BCUT2D eigenvalue weighted by Crippen LogP contribution is 2.31. The molecule has 0 spiro atoms. The number of nitro groups is 1. The second kappa shape index (κ2) is 7.59. The molecule has 0 bridgehead atoms. The number of rotatable bonds is 4. The maximum Gasteiger partial charge on any atom is 0.410 e. The third kappa shape index (κ3) is 4.84. The van der Waals surface area contributed by atoms with Crippen LogP contribution in [0.4, 0.5) is 16.2 Å². The number of para-hydroxylation sites is 2. The van der Waals surface area contributed by atoms with E-state index in [1.807, 2.05) is 0 Å². The van der Waals surface area contributed by atoms with Gasteiger partial charge in [-0.15, -0.1) is 0 Å². The first-order valence-corrected chi connectivity index (χ1v) is 8.28. The Hall–Kier alpha value is -2.84. The Morgan fingerprint density at radius 3 is 2.54 bits per heavy atom. The second-order valence-electron chi connectivity index (χ2n) is 7.12. The molecule has 0 aromatic heterocycles. The van der Waals surface area contributed by atoms with E-state index in [0.717, 1.165) is 0 Å². The number of carbonyl (C=O) groups is 2. The van der Waals surface area contributed by atoms with Gasteiger partial charge in [-0.3, -0.25) is 14.9 Å². The van der Waals surface area contributed by atoms with E-state index in [0.29, 0.717) is 5.69 Å². The Morgan fingerprint density at radius 1 is 1.31 bits per heavy atom. The van der Waals surface area contributed by atoms with E-state index in [4.69, 9.17) is 4.74 Å². The van der Waals surface area contributed by atoms with Crippen LogP contribution >= 0.6 is 0 Å². The summed E-state index contributed by atoms with van der Waals surface area (Å²) in [6.45, 7) is 5.95. The average molecular weight is 365 g/mol. The summed E-state index contributed by atoms with van der Waals surface area (Å²) in [6.07, 6.45) is -0.763. The second-order valence-corrected chi connectivity index (χ2v) is 7.12. The fourth-order valence-corrected chi connectivity index (χ4v) is 2.90. The van der Waals surface area contributed by atoms with Gasteiger partial charge >= 0.3 is 12.1 Å². The van der Waals surface area contributed by atoms with E-state index in [2.05, 4.69) is 0 Å². The van der Waals surface area contributed by atoms with Crippen LogP contribution in [-0.4, -0.2) is 58.3 Å². The van der Waals surface area contributed by atoms with Gasteiger partial charge in [-0.05, 0) is 26.8 Å². The molecule has 26 heavy (non-hydrogen) atoms. The van der Waals surface area contributed by atoms with Gasteiger partial charge in [-0.1, -0.05) is 12.1 Å². The van der Waals surface area contributed by atoms with Crippen molar-refractivity contribution in [3.05, 3.63) is 34.4 Å². The van der Waals surface area contributed by atoms with Gasteiger partial charge in [0.1, 0.15) is 11.3 Å². The molecule has 0 radical (unpaired) electrons. The molecule has 2 rings (SSSR count). The Bertz CT molecular complexity index is 700. The highest BCUT2D eigenvalue weighted by atomic mass is 16.6. The number of aliphatic carboxylic acids is 1. The van der Waals surface area contributed by atoms with Crippen LogP contribution in [-0.2, 0) is 9.53 Å². The van der Waals surface area contributed by atoms with Gasteiger partial charge in [0.05, 0.1) is 17.4 Å². The molecule has 1 aromatic carbocycles. The number of carbonyl (C=O) groups excluding carboxylic acids is 1. The van der Waals surface area contributed by atoms with Crippen molar-refractivity contribution in [3.63, 3.8) is 0 Å². The standard InChI is InChI=1S/C17H23N3O6/c1-17(2,3)26-16(23)18-8-9-19(12(11-18)10-15(21)22)13-6-4-5-7-14(13)20(24)25/h4-7,12H,8-11H2,1-3H3,(H,21,22). The highest BCUT2D eigenvalue weighted by molar-refractivity contribution is 5.72. The van der Waals surface area contributed by atoms with Crippen LogP contribution in [0.25, 0.3) is 0 Å². The summed E-state index contributed by atoms with van der Waals surface area (Å²) in [5.41, 5.74) is -0.393. The minimum atomic E-state index is -1.04. The quantitative estimate of drug-likeness (QED) is 0.644. The van der Waals surface area contributed by atoms with E-state index in [9.17, 15) is 24.8 Å². The lowest BCUT2D eigenvalue weighted by molar-refractivity contribution is -0.384. The maximum absolute atomic E-state index is 12.3. The van der Waals surface area contributed by atoms with Crippen molar-refractivity contribution in [2.45, 2.75) is 38.8 Å². The zero-order valence-electron chi connectivity index (χ0n) is 15.0. The summed E-state index contributed by atoms with van der Waals surface area (Å²) in [7, 11) is 0. The zero-order valence-corrected chi connectivity index (χ0v) is 15.0. The van der Waals surface area contributed by atoms with Crippen LogP contribution in [0, 0.1) is 10.1 Å². The number of ether oxygens (including phenoxy) is 1. The predicted octanol–water partition coefficient (Wildman–Crippen LogP) is 2.50. The number of hydrogen-bond acceptors (Lipinski definition) is 6. The number of carboxylic acid groups (broad SMARTS) is 1. The number of piperazine rings is 1. The molecule has 1 saturated heterocycles. The molecule has 1 amide bonds. The Kier molecular flexibility index (Phi) is 5.69. The summed E-state index contributed by atoms with van der Waals surface area (Å²) < 4.78 is 5.35. The van der Waals surface area contributed by atoms with E-state index >= 15 is 0 Å². The third-order valence-electron chi connectivity index (χ3n) is 3.93. The Labute approximate surface area is 151 Å². The van der Waals surface area contributed by atoms with Crippen molar-refractivity contribution in [3.8, 4) is 0 Å². The van der Waals surface area contributed by atoms with Crippen LogP contribution in [0.2, 0.25) is 0 Å². The molecule has 0 aliphatic carbocycles. The summed E-state index contributed by atoms with van der Waals surface area (Å²) in [6, 6.07) is 5.61. The van der Waals surface area contributed by atoms with Crippen LogP contribution in [0.3, 0.4) is 0 Å². The summed E-state index contributed by atoms with van der Waals surface area (Å²) in [5.74, 6) is -1.04. The van der Waals surface area contributed by atoms with Crippen LogP contribution < -0.4 is 4.90 Å². The molecule has 1 N–H and O–H groups in total. The molecule has 1 aliphatic rings. The molecule has 1 unspecified atom stereocenters. The molecular weight excluding hydrogens is 342 g/mol. The van der Waals surface area contributed by atoms with E-state index < -0.39 is 28.6 Å². The third-order valence-corrected chi connectivity index (χ3v) is 3.93. The minimum absolute atomic E-state index is 0.0893. The summed E-state index contributed by atoms with van der Waals surface area (Å²) >= 11 is 0. The summed E-state index contributed by atoms with van der Waals surface area (Å²) in [5, 5.41) is 20.5. The normalized spacial score (nSPS) is 17.7. The van der Waals surface area contributed by atoms with Crippen LogP contribution in [0.1, 0.15) is 27.2 Å². The predicted molar refractivity (Wildman–Crippen MR) is 94.3 cm³/mol. The highest BCUT2D eigenvalue weighted by Gasteiger charge is 2.35. The number of anilines is 1. The zero-order chi connectivity index (χ0) is 19.5. The van der Waals surface area contributed by atoms with E-state index in [1.165, 1.54) is 11.0 Å². The maximum atomic E-state index is 12.3. The lowest BCUT2D eigenvalue weighted by atomic mass is 10.1. The van der Waals surface area contributed by atoms with Gasteiger partial charge in [0.2, 0.25) is 0 Å².